The Bertz CT molecular complexity index is 1380. The lowest BCUT2D eigenvalue weighted by molar-refractivity contribution is -0.123. The molecule has 0 radical (unpaired) electrons. The van der Waals surface area contributed by atoms with Gasteiger partial charge in [-0.15, -0.1) is 11.3 Å². The van der Waals surface area contributed by atoms with Crippen LogP contribution >= 0.6 is 34.5 Å². The Labute approximate surface area is 302 Å². The Kier molecular flexibility index (Phi) is 21.7. The third-order valence-electron chi connectivity index (χ3n) is 8.05. The second-order valence-corrected chi connectivity index (χ2v) is 14.4. The molecule has 5 rings (SSSR count). The maximum atomic E-state index is 11.7. The van der Waals surface area contributed by atoms with Crippen molar-refractivity contribution in [2.45, 2.75) is 97.1 Å². The maximum absolute atomic E-state index is 11.7. The predicted octanol–water partition coefficient (Wildman–Crippen LogP) is 10.2. The number of nitrogens with one attached hydrogen (secondary N) is 1. The van der Waals surface area contributed by atoms with Gasteiger partial charge in [-0.3, -0.25) is 14.5 Å². The van der Waals surface area contributed by atoms with Crippen LogP contribution in [-0.4, -0.2) is 49.1 Å². The van der Waals surface area contributed by atoms with Crippen molar-refractivity contribution in [3.63, 3.8) is 0 Å². The van der Waals surface area contributed by atoms with Gasteiger partial charge in [0.05, 0.1) is 17.0 Å². The van der Waals surface area contributed by atoms with Crippen LogP contribution in [0.1, 0.15) is 95.4 Å². The highest BCUT2D eigenvalue weighted by molar-refractivity contribution is 7.20. The van der Waals surface area contributed by atoms with Crippen LogP contribution in [0.3, 0.4) is 0 Å². The zero-order valence-electron chi connectivity index (χ0n) is 29.2. The number of primary amides is 1. The van der Waals surface area contributed by atoms with E-state index in [1.807, 2.05) is 36.9 Å². The molecule has 2 atom stereocenters. The molecule has 1 aromatic heterocycles. The van der Waals surface area contributed by atoms with Gasteiger partial charge in [0.1, 0.15) is 6.79 Å². The summed E-state index contributed by atoms with van der Waals surface area (Å²) in [5, 5.41) is 5.80. The summed E-state index contributed by atoms with van der Waals surface area (Å²) in [5.41, 5.74) is 6.93. The van der Waals surface area contributed by atoms with Gasteiger partial charge in [0, 0.05) is 20.4 Å². The van der Waals surface area contributed by atoms with E-state index in [2.05, 4.69) is 50.5 Å². The van der Waals surface area contributed by atoms with Crippen molar-refractivity contribution in [2.24, 2.45) is 11.7 Å². The largest absolute Gasteiger partial charge is 0.375 e. The Morgan fingerprint density at radius 3 is 2.06 bits per heavy atom. The van der Waals surface area contributed by atoms with Crippen LogP contribution in [0.5, 0.6) is 0 Å². The van der Waals surface area contributed by atoms with E-state index in [4.69, 9.17) is 33.7 Å². The van der Waals surface area contributed by atoms with Gasteiger partial charge >= 0.3 is 0 Å². The summed E-state index contributed by atoms with van der Waals surface area (Å²) in [6.45, 7) is 16.6. The molecule has 1 aliphatic heterocycles. The average molecular weight is 717 g/mol. The van der Waals surface area contributed by atoms with Gasteiger partial charge in [0.25, 0.3) is 0 Å². The van der Waals surface area contributed by atoms with Crippen molar-refractivity contribution < 1.29 is 14.4 Å². The number of carbonyl (C=O) groups excluding carboxylic acids is 3. The molecule has 3 N–H and O–H groups in total. The van der Waals surface area contributed by atoms with Gasteiger partial charge in [0.2, 0.25) is 5.91 Å². The topological polar surface area (TPSA) is 92.5 Å². The number of hydrogen-bond acceptors (Lipinski definition) is 6. The second kappa shape index (κ2) is 24.2. The molecule has 9 heteroatoms. The summed E-state index contributed by atoms with van der Waals surface area (Å²) in [5.74, 6) is 0.467. The predicted molar refractivity (Wildman–Crippen MR) is 209 cm³/mol. The number of nitrogens with two attached hydrogens (primary N) is 1. The lowest BCUT2D eigenvalue weighted by Gasteiger charge is -2.29. The lowest BCUT2D eigenvalue weighted by atomic mass is 10.0. The van der Waals surface area contributed by atoms with E-state index in [0.29, 0.717) is 16.0 Å². The van der Waals surface area contributed by atoms with Gasteiger partial charge in [0.15, 0.2) is 5.78 Å². The summed E-state index contributed by atoms with van der Waals surface area (Å²) < 4.78 is 1.24. The number of halogens is 2. The minimum Gasteiger partial charge on any atom is -0.375 e. The summed E-state index contributed by atoms with van der Waals surface area (Å²) in [7, 11) is 1.95. The number of ketones is 1. The molecule has 1 saturated heterocycles. The van der Waals surface area contributed by atoms with Crippen LogP contribution in [0.25, 0.3) is 21.9 Å². The Morgan fingerprint density at radius 2 is 1.60 bits per heavy atom. The standard InChI is InChI=1S/C17H21NOS.C8H6Cl2.C7H14N2O.C6H12.CH2O/c1-11(2)9-15(13(4)19)18-12(3)17-10-14-7-5-6-8-16(14)20-17;1-2-6-3-4-7(9)5-8(6)10;1-9-5-3-2-4-6(9)7(8)10;1-2-4-6-5-3-1;1-2/h5-8,10-11,15,18H,3,9H2,1-2,4H3;2-5H,1H2;6H,2-5H2,1H3,(H2,8,10);1-6H2;1H2. The third kappa shape index (κ3) is 16.4. The van der Waals surface area contributed by atoms with Crippen LogP contribution in [-0.2, 0) is 14.4 Å². The van der Waals surface area contributed by atoms with E-state index >= 15 is 0 Å². The van der Waals surface area contributed by atoms with Crippen molar-refractivity contribution in [1.82, 2.24) is 10.2 Å². The van der Waals surface area contributed by atoms with Gasteiger partial charge in [-0.25, -0.2) is 0 Å². The number of benzene rings is 2. The summed E-state index contributed by atoms with van der Waals surface area (Å²) in [6, 6.07) is 15.6. The monoisotopic (exact) mass is 715 g/mol. The molecule has 1 saturated carbocycles. The molecule has 1 amide bonds. The molecule has 3 aromatic rings. The fraction of sp³-hybridized carbons (Fsp3) is 0.462. The maximum Gasteiger partial charge on any atom is 0.234 e. The van der Waals surface area contributed by atoms with Crippen molar-refractivity contribution in [3.8, 4) is 0 Å². The number of fused-ring (bicyclic) bond motifs is 1. The second-order valence-electron chi connectivity index (χ2n) is 12.4. The van der Waals surface area contributed by atoms with Crippen LogP contribution in [0.15, 0.2) is 61.7 Å². The van der Waals surface area contributed by atoms with Crippen LogP contribution in [0.2, 0.25) is 10.0 Å². The van der Waals surface area contributed by atoms with Crippen LogP contribution in [0.4, 0.5) is 0 Å². The molecule has 48 heavy (non-hydrogen) atoms. The molecule has 2 fully saturated rings. The van der Waals surface area contributed by atoms with Gasteiger partial charge in [-0.2, -0.15) is 0 Å². The van der Waals surface area contributed by atoms with Gasteiger partial charge in [-0.05, 0) is 80.9 Å². The number of hydrogen-bond donors (Lipinski definition) is 2. The molecule has 1 aliphatic carbocycles. The highest BCUT2D eigenvalue weighted by Gasteiger charge is 2.23. The number of carbonyl (C=O) groups is 3. The van der Waals surface area contributed by atoms with E-state index in [-0.39, 0.29) is 23.8 Å². The number of Topliss-reactive ketones (excluding diaryl/α,β-unsaturated/α-hetero) is 1. The third-order valence-corrected chi connectivity index (χ3v) is 9.79. The van der Waals surface area contributed by atoms with Crippen molar-refractivity contribution >= 4 is 74.9 Å². The number of nitrogens with zero attached hydrogens (tertiary/aromatic N) is 1. The molecule has 2 aliphatic rings. The normalized spacial score (nSPS) is 16.2. The molecular weight excluding hydrogens is 661 g/mol. The van der Waals surface area contributed by atoms with Crippen molar-refractivity contribution in [3.05, 3.63) is 82.2 Å². The fourth-order valence-electron chi connectivity index (χ4n) is 5.37. The number of rotatable bonds is 8. The molecular formula is C39H55Cl2N3O3S. The van der Waals surface area contributed by atoms with E-state index in [1.54, 1.807) is 36.5 Å². The Morgan fingerprint density at radius 1 is 1.00 bits per heavy atom. The Balaban J connectivity index is 0.000000346. The zero-order valence-corrected chi connectivity index (χ0v) is 31.6. The highest BCUT2D eigenvalue weighted by Crippen LogP contribution is 2.29. The molecule has 264 valence electrons. The minimum absolute atomic E-state index is 0.00579. The van der Waals surface area contributed by atoms with Crippen molar-refractivity contribution in [2.75, 3.05) is 13.6 Å². The number of amides is 1. The molecule has 2 heterocycles. The average Bonchev–Trinajstić information content (AvgIpc) is 3.52. The highest BCUT2D eigenvalue weighted by atomic mass is 35.5. The SMILES string of the molecule is C1CCCCC1.C=C(NC(CC(C)C)C(C)=O)c1cc2ccccc2s1.C=Cc1ccc(Cl)cc1Cl.C=O.CN1CCCCC1C(N)=O. The van der Waals surface area contributed by atoms with E-state index in [0.717, 1.165) is 41.9 Å². The summed E-state index contributed by atoms with van der Waals surface area (Å²) >= 11 is 13.1. The van der Waals surface area contributed by atoms with E-state index < -0.39 is 0 Å². The first-order valence-electron chi connectivity index (χ1n) is 16.7. The van der Waals surface area contributed by atoms with Gasteiger partial charge in [-0.1, -0.05) is 125 Å². The molecule has 6 nitrogen and oxygen atoms in total. The number of likely N-dealkylation sites (tertiary alicyclic amines) is 1. The van der Waals surface area contributed by atoms with Crippen LogP contribution < -0.4 is 11.1 Å². The first kappa shape index (κ1) is 43.1. The first-order chi connectivity index (χ1) is 22.9. The smallest absolute Gasteiger partial charge is 0.234 e. The molecule has 0 bridgehead atoms. The van der Waals surface area contributed by atoms with Crippen molar-refractivity contribution in [1.29, 1.82) is 0 Å². The van der Waals surface area contributed by atoms with Crippen LogP contribution in [0, 0.1) is 5.92 Å². The lowest BCUT2D eigenvalue weighted by Crippen LogP contribution is -2.45. The quantitative estimate of drug-likeness (QED) is 0.242. The Hall–Kier alpha value is -2.97. The number of piperidine rings is 1. The fourth-order valence-corrected chi connectivity index (χ4v) is 6.85. The van der Waals surface area contributed by atoms with Gasteiger partial charge < -0.3 is 15.8 Å². The van der Waals surface area contributed by atoms with E-state index in [1.165, 1.54) is 55.0 Å². The molecule has 0 spiro atoms. The zero-order chi connectivity index (χ0) is 36.1. The van der Waals surface area contributed by atoms with E-state index in [9.17, 15) is 9.59 Å². The number of likely N-dealkylation sites (N-methyl/N-ethyl adjacent to an activating group) is 1. The molecule has 2 unspecified atom stereocenters. The first-order valence-corrected chi connectivity index (χ1v) is 18.3. The molecule has 2 aromatic carbocycles. The summed E-state index contributed by atoms with van der Waals surface area (Å²) in [4.78, 5) is 33.6. The summed E-state index contributed by atoms with van der Waals surface area (Å²) in [6.07, 6.45) is 14.8. The minimum atomic E-state index is -0.179. The number of thiophene rings is 1.